The maximum absolute atomic E-state index is 12.3. The minimum absolute atomic E-state index is 0.0235. The average molecular weight is 281 g/mol. The fraction of sp³-hybridized carbons (Fsp3) is 0.500. The standard InChI is InChI=1S/C14H17ClN2O2/c15-11-2-1-3-12(8-11)17-13(18)9-19-10-14(17)4-6-16-7-5-14/h1-3,8,16H,4-7,9-10H2. The van der Waals surface area contributed by atoms with Gasteiger partial charge in [-0.25, -0.2) is 0 Å². The summed E-state index contributed by atoms with van der Waals surface area (Å²) in [5.41, 5.74) is 0.661. The summed E-state index contributed by atoms with van der Waals surface area (Å²) >= 11 is 6.06. The van der Waals surface area contributed by atoms with Crippen molar-refractivity contribution in [2.24, 2.45) is 0 Å². The number of hydrogen-bond acceptors (Lipinski definition) is 3. The van der Waals surface area contributed by atoms with Gasteiger partial charge in [-0.3, -0.25) is 4.79 Å². The summed E-state index contributed by atoms with van der Waals surface area (Å²) in [6.45, 7) is 2.58. The molecule has 0 aliphatic carbocycles. The quantitative estimate of drug-likeness (QED) is 0.853. The highest BCUT2D eigenvalue weighted by Crippen LogP contribution is 2.35. The van der Waals surface area contributed by atoms with Crippen LogP contribution in [0.4, 0.5) is 5.69 Å². The molecule has 1 amide bonds. The van der Waals surface area contributed by atoms with E-state index in [1.807, 2.05) is 29.2 Å². The third kappa shape index (κ3) is 2.36. The molecule has 0 bridgehead atoms. The van der Waals surface area contributed by atoms with E-state index in [0.29, 0.717) is 11.6 Å². The number of morpholine rings is 1. The van der Waals surface area contributed by atoms with Crippen molar-refractivity contribution >= 4 is 23.2 Å². The number of amides is 1. The summed E-state index contributed by atoms with van der Waals surface area (Å²) in [6.07, 6.45) is 1.82. The zero-order chi connectivity index (χ0) is 13.3. The zero-order valence-corrected chi connectivity index (χ0v) is 11.4. The van der Waals surface area contributed by atoms with Crippen LogP contribution >= 0.6 is 11.6 Å². The number of benzene rings is 1. The number of anilines is 1. The van der Waals surface area contributed by atoms with Crippen LogP contribution in [0.25, 0.3) is 0 Å². The number of halogens is 1. The van der Waals surface area contributed by atoms with Crippen molar-refractivity contribution in [2.45, 2.75) is 18.4 Å². The van der Waals surface area contributed by atoms with Crippen molar-refractivity contribution in [2.75, 3.05) is 31.2 Å². The number of hydrogen-bond donors (Lipinski definition) is 1. The van der Waals surface area contributed by atoms with Gasteiger partial charge in [0.2, 0.25) is 0 Å². The molecular weight excluding hydrogens is 264 g/mol. The van der Waals surface area contributed by atoms with Gasteiger partial charge in [0.05, 0.1) is 12.1 Å². The smallest absolute Gasteiger partial charge is 0.253 e. The van der Waals surface area contributed by atoms with Gasteiger partial charge in [0, 0.05) is 10.7 Å². The molecule has 5 heteroatoms. The van der Waals surface area contributed by atoms with Gasteiger partial charge in [-0.1, -0.05) is 17.7 Å². The van der Waals surface area contributed by atoms with Crippen molar-refractivity contribution in [3.63, 3.8) is 0 Å². The summed E-state index contributed by atoms with van der Waals surface area (Å²) in [7, 11) is 0. The zero-order valence-electron chi connectivity index (χ0n) is 10.7. The fourth-order valence-electron chi connectivity index (χ4n) is 3.02. The van der Waals surface area contributed by atoms with Gasteiger partial charge in [-0.15, -0.1) is 0 Å². The van der Waals surface area contributed by atoms with Gasteiger partial charge in [0.15, 0.2) is 0 Å². The van der Waals surface area contributed by atoms with Crippen molar-refractivity contribution in [3.8, 4) is 0 Å². The molecule has 1 spiro atoms. The van der Waals surface area contributed by atoms with Crippen LogP contribution in [0, 0.1) is 0 Å². The Morgan fingerprint density at radius 3 is 2.84 bits per heavy atom. The molecule has 3 rings (SSSR count). The van der Waals surface area contributed by atoms with Crippen LogP contribution in [0.2, 0.25) is 5.02 Å². The number of carbonyl (C=O) groups excluding carboxylic acids is 1. The van der Waals surface area contributed by atoms with E-state index in [4.69, 9.17) is 16.3 Å². The largest absolute Gasteiger partial charge is 0.369 e. The van der Waals surface area contributed by atoms with E-state index < -0.39 is 0 Å². The second-order valence-corrected chi connectivity index (χ2v) is 5.61. The normalized spacial score (nSPS) is 22.8. The van der Waals surface area contributed by atoms with Crippen LogP contribution in [-0.2, 0) is 9.53 Å². The highest BCUT2D eigenvalue weighted by atomic mass is 35.5. The Hall–Kier alpha value is -1.10. The lowest BCUT2D eigenvalue weighted by atomic mass is 9.85. The Balaban J connectivity index is 2.00. The molecule has 2 heterocycles. The molecule has 0 radical (unpaired) electrons. The van der Waals surface area contributed by atoms with E-state index in [2.05, 4.69) is 5.32 Å². The molecule has 0 atom stereocenters. The number of nitrogens with zero attached hydrogens (tertiary/aromatic N) is 1. The van der Waals surface area contributed by atoms with Gasteiger partial charge in [-0.2, -0.15) is 0 Å². The minimum atomic E-state index is -0.217. The van der Waals surface area contributed by atoms with Gasteiger partial charge in [0.25, 0.3) is 5.91 Å². The van der Waals surface area contributed by atoms with Gasteiger partial charge < -0.3 is 15.0 Å². The molecule has 1 N–H and O–H groups in total. The number of piperidine rings is 1. The summed E-state index contributed by atoms with van der Waals surface area (Å²) in [5.74, 6) is 0.0235. The van der Waals surface area contributed by atoms with Gasteiger partial charge in [0.1, 0.15) is 6.61 Å². The van der Waals surface area contributed by atoms with Crippen molar-refractivity contribution < 1.29 is 9.53 Å². The van der Waals surface area contributed by atoms with Crippen molar-refractivity contribution in [1.82, 2.24) is 5.32 Å². The Labute approximate surface area is 117 Å². The SMILES string of the molecule is O=C1COCC2(CCNCC2)N1c1cccc(Cl)c1. The molecule has 0 aromatic heterocycles. The van der Waals surface area contributed by atoms with Crippen LogP contribution in [0.15, 0.2) is 24.3 Å². The molecule has 102 valence electrons. The van der Waals surface area contributed by atoms with E-state index in [9.17, 15) is 4.79 Å². The molecule has 1 aromatic rings. The van der Waals surface area contributed by atoms with Crippen LogP contribution < -0.4 is 10.2 Å². The van der Waals surface area contributed by atoms with Crippen LogP contribution in [0.3, 0.4) is 0 Å². The van der Waals surface area contributed by atoms with E-state index in [-0.39, 0.29) is 18.1 Å². The Morgan fingerprint density at radius 2 is 2.11 bits per heavy atom. The maximum Gasteiger partial charge on any atom is 0.253 e. The van der Waals surface area contributed by atoms with E-state index in [1.165, 1.54) is 0 Å². The average Bonchev–Trinajstić information content (AvgIpc) is 2.39. The molecule has 0 unspecified atom stereocenters. The third-order valence-corrected chi connectivity index (χ3v) is 4.16. The number of carbonyl (C=O) groups is 1. The molecule has 19 heavy (non-hydrogen) atoms. The predicted octanol–water partition coefficient (Wildman–Crippen LogP) is 1.83. The molecule has 2 aliphatic rings. The predicted molar refractivity (Wildman–Crippen MR) is 74.6 cm³/mol. The Bertz CT molecular complexity index is 481. The second kappa shape index (κ2) is 5.12. The molecular formula is C14H17ClN2O2. The number of ether oxygens (including phenoxy) is 1. The van der Waals surface area contributed by atoms with Crippen LogP contribution in [0.1, 0.15) is 12.8 Å². The highest BCUT2D eigenvalue weighted by Gasteiger charge is 2.44. The molecule has 2 saturated heterocycles. The molecule has 0 saturated carbocycles. The van der Waals surface area contributed by atoms with Crippen molar-refractivity contribution in [3.05, 3.63) is 29.3 Å². The topological polar surface area (TPSA) is 41.6 Å². The van der Waals surface area contributed by atoms with Gasteiger partial charge in [-0.05, 0) is 44.1 Å². The molecule has 4 nitrogen and oxygen atoms in total. The fourth-order valence-corrected chi connectivity index (χ4v) is 3.20. The molecule has 2 aliphatic heterocycles. The first kappa shape index (κ1) is 12.9. The summed E-state index contributed by atoms with van der Waals surface area (Å²) in [6, 6.07) is 7.51. The Morgan fingerprint density at radius 1 is 1.32 bits per heavy atom. The third-order valence-electron chi connectivity index (χ3n) is 3.92. The summed E-state index contributed by atoms with van der Waals surface area (Å²) < 4.78 is 5.51. The van der Waals surface area contributed by atoms with E-state index in [0.717, 1.165) is 31.6 Å². The lowest BCUT2D eigenvalue weighted by molar-refractivity contribution is -0.131. The van der Waals surface area contributed by atoms with E-state index >= 15 is 0 Å². The Kier molecular flexibility index (Phi) is 3.48. The van der Waals surface area contributed by atoms with Crippen LogP contribution in [0.5, 0.6) is 0 Å². The highest BCUT2D eigenvalue weighted by molar-refractivity contribution is 6.30. The lowest BCUT2D eigenvalue weighted by Crippen LogP contribution is -2.63. The number of rotatable bonds is 1. The molecule has 2 fully saturated rings. The first-order chi connectivity index (χ1) is 9.21. The molecule has 1 aromatic carbocycles. The first-order valence-corrected chi connectivity index (χ1v) is 6.96. The first-order valence-electron chi connectivity index (χ1n) is 6.58. The number of nitrogens with one attached hydrogen (secondary N) is 1. The lowest BCUT2D eigenvalue weighted by Gasteiger charge is -2.49. The van der Waals surface area contributed by atoms with Gasteiger partial charge >= 0.3 is 0 Å². The van der Waals surface area contributed by atoms with Crippen molar-refractivity contribution in [1.29, 1.82) is 0 Å². The monoisotopic (exact) mass is 280 g/mol. The van der Waals surface area contributed by atoms with Crippen LogP contribution in [-0.4, -0.2) is 37.7 Å². The maximum atomic E-state index is 12.3. The minimum Gasteiger partial charge on any atom is -0.369 e. The second-order valence-electron chi connectivity index (χ2n) is 5.18. The van der Waals surface area contributed by atoms with E-state index in [1.54, 1.807) is 0 Å². The summed E-state index contributed by atoms with van der Waals surface area (Å²) in [4.78, 5) is 14.2. The summed E-state index contributed by atoms with van der Waals surface area (Å²) in [5, 5.41) is 3.99.